The smallest absolute Gasteiger partial charge is 0.0714 e. The Bertz CT molecular complexity index is 3420. The maximum atomic E-state index is 2.52. The molecule has 1 heteroatoms. The van der Waals surface area contributed by atoms with Gasteiger partial charge in [-0.2, -0.15) is 0 Å². The molecule has 0 spiro atoms. The summed E-state index contributed by atoms with van der Waals surface area (Å²) in [5, 5.41) is 4.91. The van der Waals surface area contributed by atoms with E-state index in [2.05, 4.69) is 266 Å². The van der Waals surface area contributed by atoms with Crippen molar-refractivity contribution < 1.29 is 0 Å². The first-order valence-electron chi connectivity index (χ1n) is 22.2. The first kappa shape index (κ1) is 37.5. The Morgan fingerprint density at radius 1 is 0.281 bits per heavy atom. The lowest BCUT2D eigenvalue weighted by molar-refractivity contribution is 0.768. The molecule has 0 fully saturated rings. The number of hydrogen-bond acceptors (Lipinski definition) is 1. The summed E-state index contributed by atoms with van der Waals surface area (Å²) in [4.78, 5) is 2.52. The second-order valence-electron chi connectivity index (χ2n) is 16.8. The van der Waals surface area contributed by atoms with Gasteiger partial charge in [-0.1, -0.05) is 231 Å². The summed E-state index contributed by atoms with van der Waals surface area (Å²) in [7, 11) is 0. The number of fused-ring (bicyclic) bond motifs is 6. The van der Waals surface area contributed by atoms with Gasteiger partial charge >= 0.3 is 0 Å². The highest BCUT2D eigenvalue weighted by molar-refractivity contribution is 6.15. The van der Waals surface area contributed by atoms with Gasteiger partial charge in [0.1, 0.15) is 0 Å². The van der Waals surface area contributed by atoms with Gasteiger partial charge in [-0.15, -0.1) is 0 Å². The van der Waals surface area contributed by atoms with Crippen LogP contribution in [0, 0.1) is 0 Å². The molecule has 300 valence electrons. The molecule has 1 nitrogen and oxygen atoms in total. The molecule has 0 heterocycles. The van der Waals surface area contributed by atoms with E-state index in [9.17, 15) is 0 Å². The molecule has 0 saturated carbocycles. The van der Waals surface area contributed by atoms with Crippen LogP contribution in [0.3, 0.4) is 0 Å². The zero-order valence-electron chi connectivity index (χ0n) is 35.3. The Morgan fingerprint density at radius 2 is 0.750 bits per heavy atom. The summed E-state index contributed by atoms with van der Waals surface area (Å²) >= 11 is 0. The summed E-state index contributed by atoms with van der Waals surface area (Å²) in [6.45, 7) is 0. The highest BCUT2D eigenvalue weighted by Gasteiger charge is 2.47. The Hall–Kier alpha value is -8.26. The van der Waals surface area contributed by atoms with Gasteiger partial charge in [0, 0.05) is 16.6 Å². The van der Waals surface area contributed by atoms with Crippen molar-refractivity contribution in [2.75, 3.05) is 4.90 Å². The number of rotatable bonds is 8. The van der Waals surface area contributed by atoms with Crippen LogP contribution in [0.25, 0.3) is 66.1 Å². The van der Waals surface area contributed by atoms with Gasteiger partial charge in [0.25, 0.3) is 0 Å². The van der Waals surface area contributed by atoms with E-state index in [1.807, 2.05) is 0 Å². The van der Waals surface area contributed by atoms with E-state index in [0.29, 0.717) is 0 Å². The molecule has 0 N–H and O–H groups in total. The maximum absolute atomic E-state index is 2.52. The van der Waals surface area contributed by atoms with E-state index >= 15 is 0 Å². The minimum atomic E-state index is -0.513. The maximum Gasteiger partial charge on any atom is 0.0714 e. The Labute approximate surface area is 374 Å². The van der Waals surface area contributed by atoms with Gasteiger partial charge in [-0.3, -0.25) is 0 Å². The summed E-state index contributed by atoms with van der Waals surface area (Å²) in [5.41, 5.74) is 17.7. The van der Waals surface area contributed by atoms with Gasteiger partial charge in [-0.25, -0.2) is 0 Å². The van der Waals surface area contributed by atoms with Crippen LogP contribution in [0.5, 0.6) is 0 Å². The fourth-order valence-electron chi connectivity index (χ4n) is 10.5. The third-order valence-corrected chi connectivity index (χ3v) is 13.3. The Kier molecular flexibility index (Phi) is 9.13. The highest BCUT2D eigenvalue weighted by atomic mass is 15.1. The molecule has 0 amide bonds. The number of benzene rings is 11. The van der Waals surface area contributed by atoms with Crippen LogP contribution in [0.15, 0.2) is 261 Å². The molecule has 12 rings (SSSR count). The fraction of sp³-hybridized carbons (Fsp3) is 0.0159. The second kappa shape index (κ2) is 15.6. The molecular formula is C63H43N. The van der Waals surface area contributed by atoms with Crippen LogP contribution in [-0.2, 0) is 5.41 Å². The normalized spacial score (nSPS) is 12.5. The van der Waals surface area contributed by atoms with E-state index in [1.54, 1.807) is 0 Å². The molecule has 11 aromatic rings. The average molecular weight is 814 g/mol. The minimum absolute atomic E-state index is 0.513. The topological polar surface area (TPSA) is 3.24 Å². The molecule has 1 aliphatic carbocycles. The van der Waals surface area contributed by atoms with Gasteiger partial charge in [0.15, 0.2) is 0 Å². The van der Waals surface area contributed by atoms with Gasteiger partial charge in [-0.05, 0) is 108 Å². The van der Waals surface area contributed by atoms with Crippen LogP contribution in [0.4, 0.5) is 17.1 Å². The Morgan fingerprint density at radius 3 is 1.42 bits per heavy atom. The molecule has 0 radical (unpaired) electrons. The van der Waals surface area contributed by atoms with E-state index in [4.69, 9.17) is 0 Å². The van der Waals surface area contributed by atoms with Crippen molar-refractivity contribution in [3.63, 3.8) is 0 Å². The molecule has 11 aromatic carbocycles. The summed E-state index contributed by atoms with van der Waals surface area (Å²) in [6.07, 6.45) is 0. The van der Waals surface area contributed by atoms with Crippen molar-refractivity contribution in [2.45, 2.75) is 5.41 Å². The predicted molar refractivity (Wildman–Crippen MR) is 270 cm³/mol. The van der Waals surface area contributed by atoms with Gasteiger partial charge in [0.2, 0.25) is 0 Å². The van der Waals surface area contributed by atoms with Gasteiger partial charge < -0.3 is 4.90 Å². The molecule has 0 aliphatic heterocycles. The molecule has 0 saturated heterocycles. The quantitative estimate of drug-likeness (QED) is 0.138. The lowest BCUT2D eigenvalue weighted by Crippen LogP contribution is -2.28. The first-order valence-corrected chi connectivity index (χ1v) is 22.2. The van der Waals surface area contributed by atoms with E-state index in [1.165, 1.54) is 88.3 Å². The molecule has 1 aliphatic rings. The third kappa shape index (κ3) is 6.08. The van der Waals surface area contributed by atoms with E-state index in [-0.39, 0.29) is 0 Å². The molecule has 0 atom stereocenters. The van der Waals surface area contributed by atoms with Crippen LogP contribution in [0.1, 0.15) is 22.3 Å². The van der Waals surface area contributed by atoms with Crippen molar-refractivity contribution in [1.29, 1.82) is 0 Å². The van der Waals surface area contributed by atoms with E-state index < -0.39 is 5.41 Å². The lowest BCUT2D eigenvalue weighted by atomic mass is 9.68. The standard InChI is InChI=1S/C63H43N/c1-4-18-44(19-5-1)48-21-16-22-49(42-48)47-36-34-45(35-37-47)46-38-40-53(41-39-46)64(61-43-50-20-10-11-27-54(50)55-28-12-13-29-56(55)61)60-33-17-32-59-62(60)57-30-14-15-31-58(57)63(59,51-23-6-2-7-24-51)52-25-8-3-9-26-52/h1-43H. The first-order chi connectivity index (χ1) is 31.8. The number of anilines is 3. The summed E-state index contributed by atoms with van der Waals surface area (Å²) in [5.74, 6) is 0. The monoisotopic (exact) mass is 813 g/mol. The molecule has 0 bridgehead atoms. The van der Waals surface area contributed by atoms with Crippen molar-refractivity contribution >= 4 is 38.6 Å². The largest absolute Gasteiger partial charge is 0.309 e. The fourth-order valence-corrected chi connectivity index (χ4v) is 10.5. The van der Waals surface area contributed by atoms with Crippen molar-refractivity contribution in [1.82, 2.24) is 0 Å². The van der Waals surface area contributed by atoms with Crippen molar-refractivity contribution in [3.8, 4) is 44.5 Å². The lowest BCUT2D eigenvalue weighted by Gasteiger charge is -2.34. The van der Waals surface area contributed by atoms with Crippen LogP contribution in [-0.4, -0.2) is 0 Å². The molecule has 0 aromatic heterocycles. The SMILES string of the molecule is c1ccc(-c2cccc(-c3ccc(-c4ccc(N(c5cccc6c5-c5ccccc5C6(c5ccccc5)c5ccccc5)c5cc6ccccc6c6ccccc56)cc4)cc3)c2)cc1. The van der Waals surface area contributed by atoms with Gasteiger partial charge in [0.05, 0.1) is 16.8 Å². The molecule has 64 heavy (non-hydrogen) atoms. The van der Waals surface area contributed by atoms with Crippen molar-refractivity contribution in [3.05, 3.63) is 283 Å². The summed E-state index contributed by atoms with van der Waals surface area (Å²) < 4.78 is 0. The van der Waals surface area contributed by atoms with Crippen molar-refractivity contribution in [2.24, 2.45) is 0 Å². The predicted octanol–water partition coefficient (Wildman–Crippen LogP) is 16.8. The van der Waals surface area contributed by atoms with E-state index in [0.717, 1.165) is 17.1 Å². The number of nitrogens with zero attached hydrogens (tertiary/aromatic N) is 1. The molecular weight excluding hydrogens is 771 g/mol. The molecule has 0 unspecified atom stereocenters. The van der Waals surface area contributed by atoms with Crippen LogP contribution in [0.2, 0.25) is 0 Å². The zero-order valence-corrected chi connectivity index (χ0v) is 35.3. The number of hydrogen-bond donors (Lipinski definition) is 0. The average Bonchev–Trinajstić information content (AvgIpc) is 3.69. The third-order valence-electron chi connectivity index (χ3n) is 13.3. The van der Waals surface area contributed by atoms with Crippen LogP contribution >= 0.6 is 0 Å². The Balaban J connectivity index is 1.04. The minimum Gasteiger partial charge on any atom is -0.309 e. The van der Waals surface area contributed by atoms with Crippen LogP contribution < -0.4 is 4.90 Å². The highest BCUT2D eigenvalue weighted by Crippen LogP contribution is 2.60. The summed E-state index contributed by atoms with van der Waals surface area (Å²) in [6, 6.07) is 95.8. The zero-order chi connectivity index (χ0) is 42.5. The second-order valence-corrected chi connectivity index (χ2v) is 16.8.